The van der Waals surface area contributed by atoms with Crippen LogP contribution in [0.2, 0.25) is 0 Å². The highest BCUT2D eigenvalue weighted by Crippen LogP contribution is 2.28. The van der Waals surface area contributed by atoms with Gasteiger partial charge in [-0.25, -0.2) is 4.79 Å². The fourth-order valence-corrected chi connectivity index (χ4v) is 2.95. The molecule has 0 spiro atoms. The highest BCUT2D eigenvalue weighted by Gasteiger charge is 2.49. The molecular formula is C20H21N3O4. The van der Waals surface area contributed by atoms with Crippen molar-refractivity contribution in [2.24, 2.45) is 0 Å². The van der Waals surface area contributed by atoms with Crippen molar-refractivity contribution in [1.82, 2.24) is 10.2 Å². The van der Waals surface area contributed by atoms with Crippen molar-refractivity contribution in [3.05, 3.63) is 60.2 Å². The van der Waals surface area contributed by atoms with Gasteiger partial charge in [-0.05, 0) is 43.7 Å². The van der Waals surface area contributed by atoms with Crippen molar-refractivity contribution in [2.75, 3.05) is 18.5 Å². The number of nitrogens with one attached hydrogen (secondary N) is 2. The van der Waals surface area contributed by atoms with Gasteiger partial charge in [0, 0.05) is 5.69 Å². The molecule has 0 saturated carbocycles. The van der Waals surface area contributed by atoms with E-state index in [1.165, 1.54) is 0 Å². The average Bonchev–Trinajstić information content (AvgIpc) is 2.88. The molecule has 0 aliphatic carbocycles. The molecule has 2 aromatic rings. The van der Waals surface area contributed by atoms with Crippen molar-refractivity contribution >= 4 is 23.5 Å². The number of hydrogen-bond donors (Lipinski definition) is 2. The molecule has 2 aromatic carbocycles. The van der Waals surface area contributed by atoms with Crippen molar-refractivity contribution in [3.63, 3.8) is 0 Å². The summed E-state index contributed by atoms with van der Waals surface area (Å²) in [6.45, 7) is 3.71. The Morgan fingerprint density at radius 2 is 1.78 bits per heavy atom. The van der Waals surface area contributed by atoms with Gasteiger partial charge in [0.2, 0.25) is 5.91 Å². The first kappa shape index (κ1) is 18.4. The van der Waals surface area contributed by atoms with Gasteiger partial charge in [0.25, 0.3) is 5.91 Å². The molecule has 7 heteroatoms. The summed E-state index contributed by atoms with van der Waals surface area (Å²) in [4.78, 5) is 38.3. The third-order valence-corrected chi connectivity index (χ3v) is 4.38. The Labute approximate surface area is 157 Å². The van der Waals surface area contributed by atoms with Crippen LogP contribution in [-0.2, 0) is 15.1 Å². The summed E-state index contributed by atoms with van der Waals surface area (Å²) in [5, 5.41) is 5.36. The quantitative estimate of drug-likeness (QED) is 0.768. The van der Waals surface area contributed by atoms with Gasteiger partial charge < -0.3 is 15.4 Å². The van der Waals surface area contributed by atoms with Crippen LogP contribution < -0.4 is 15.4 Å². The number of hydrogen-bond acceptors (Lipinski definition) is 4. The second-order valence-corrected chi connectivity index (χ2v) is 6.32. The Morgan fingerprint density at radius 3 is 2.41 bits per heavy atom. The van der Waals surface area contributed by atoms with E-state index in [-0.39, 0.29) is 6.54 Å². The predicted octanol–water partition coefficient (Wildman–Crippen LogP) is 2.49. The number of amides is 4. The summed E-state index contributed by atoms with van der Waals surface area (Å²) in [6, 6.07) is 15.2. The molecule has 1 aliphatic heterocycles. The minimum Gasteiger partial charge on any atom is -0.494 e. The summed E-state index contributed by atoms with van der Waals surface area (Å²) in [6.07, 6.45) is 0. The van der Waals surface area contributed by atoms with Gasteiger partial charge in [0.05, 0.1) is 6.61 Å². The van der Waals surface area contributed by atoms with Crippen LogP contribution in [0.1, 0.15) is 19.4 Å². The van der Waals surface area contributed by atoms with E-state index >= 15 is 0 Å². The topological polar surface area (TPSA) is 87.7 Å². The molecule has 7 nitrogen and oxygen atoms in total. The number of urea groups is 1. The van der Waals surface area contributed by atoms with Crippen LogP contribution in [0.3, 0.4) is 0 Å². The van der Waals surface area contributed by atoms with Gasteiger partial charge in [-0.3, -0.25) is 14.5 Å². The van der Waals surface area contributed by atoms with Gasteiger partial charge >= 0.3 is 6.03 Å². The first-order chi connectivity index (χ1) is 12.9. The molecule has 1 heterocycles. The molecule has 4 amide bonds. The summed E-state index contributed by atoms with van der Waals surface area (Å²) in [7, 11) is 0. The van der Waals surface area contributed by atoms with Crippen LogP contribution in [0.25, 0.3) is 0 Å². The van der Waals surface area contributed by atoms with Crippen molar-refractivity contribution in [2.45, 2.75) is 19.4 Å². The monoisotopic (exact) mass is 367 g/mol. The third kappa shape index (κ3) is 3.76. The zero-order valence-electron chi connectivity index (χ0n) is 15.2. The lowest BCUT2D eigenvalue weighted by Crippen LogP contribution is -2.42. The molecule has 1 aliphatic rings. The fraction of sp³-hybridized carbons (Fsp3) is 0.250. The number of ether oxygens (including phenoxy) is 1. The molecule has 2 N–H and O–H groups in total. The van der Waals surface area contributed by atoms with Crippen LogP contribution in [0.15, 0.2) is 54.6 Å². The fourth-order valence-electron chi connectivity index (χ4n) is 2.95. The molecule has 0 aromatic heterocycles. The van der Waals surface area contributed by atoms with Gasteiger partial charge in [0.15, 0.2) is 0 Å². The molecular weight excluding hydrogens is 346 g/mol. The van der Waals surface area contributed by atoms with Crippen molar-refractivity contribution < 1.29 is 19.1 Å². The number of carbonyl (C=O) groups is 3. The van der Waals surface area contributed by atoms with E-state index in [9.17, 15) is 14.4 Å². The van der Waals surface area contributed by atoms with Crippen LogP contribution in [0, 0.1) is 0 Å². The lowest BCUT2D eigenvalue weighted by Gasteiger charge is -2.22. The van der Waals surface area contributed by atoms with Gasteiger partial charge in [0.1, 0.15) is 17.8 Å². The molecule has 1 unspecified atom stereocenters. The van der Waals surface area contributed by atoms with E-state index < -0.39 is 23.4 Å². The second kappa shape index (κ2) is 7.49. The first-order valence-corrected chi connectivity index (χ1v) is 8.66. The zero-order chi connectivity index (χ0) is 19.4. The van der Waals surface area contributed by atoms with E-state index in [0.29, 0.717) is 23.6 Å². The number of carbonyl (C=O) groups excluding carboxylic acids is 3. The molecule has 1 fully saturated rings. The van der Waals surface area contributed by atoms with E-state index in [1.807, 2.05) is 13.0 Å². The van der Waals surface area contributed by atoms with Crippen molar-refractivity contribution in [1.29, 1.82) is 0 Å². The van der Waals surface area contributed by atoms with Crippen LogP contribution >= 0.6 is 0 Å². The minimum absolute atomic E-state index is 0.361. The molecule has 3 rings (SSSR count). The number of imide groups is 1. The van der Waals surface area contributed by atoms with Crippen LogP contribution in [0.5, 0.6) is 5.75 Å². The van der Waals surface area contributed by atoms with Crippen LogP contribution in [-0.4, -0.2) is 35.9 Å². The Balaban J connectivity index is 1.67. The Hall–Kier alpha value is -3.35. The molecule has 140 valence electrons. The smallest absolute Gasteiger partial charge is 0.325 e. The summed E-state index contributed by atoms with van der Waals surface area (Å²) in [5.41, 5.74) is 0.0386. The second-order valence-electron chi connectivity index (χ2n) is 6.32. The van der Waals surface area contributed by atoms with Gasteiger partial charge in [-0.2, -0.15) is 0 Å². The SMILES string of the molecule is CCOc1ccc(NC(=O)CN2C(=O)NC(C)(c3ccccc3)C2=O)cc1. The highest BCUT2D eigenvalue weighted by atomic mass is 16.5. The maximum atomic E-state index is 12.8. The largest absolute Gasteiger partial charge is 0.494 e. The predicted molar refractivity (Wildman–Crippen MR) is 100 cm³/mol. The van der Waals surface area contributed by atoms with Crippen molar-refractivity contribution in [3.8, 4) is 5.75 Å². The maximum absolute atomic E-state index is 12.8. The average molecular weight is 367 g/mol. The van der Waals surface area contributed by atoms with Crippen LogP contribution in [0.4, 0.5) is 10.5 Å². The maximum Gasteiger partial charge on any atom is 0.325 e. The van der Waals surface area contributed by atoms with E-state index in [0.717, 1.165) is 4.90 Å². The Kier molecular flexibility index (Phi) is 5.12. The Morgan fingerprint density at radius 1 is 1.11 bits per heavy atom. The molecule has 1 saturated heterocycles. The van der Waals surface area contributed by atoms with Gasteiger partial charge in [-0.1, -0.05) is 30.3 Å². The highest BCUT2D eigenvalue weighted by molar-refractivity contribution is 6.10. The van der Waals surface area contributed by atoms with Gasteiger partial charge in [-0.15, -0.1) is 0 Å². The lowest BCUT2D eigenvalue weighted by atomic mass is 9.92. The summed E-state index contributed by atoms with van der Waals surface area (Å²) in [5.74, 6) is -0.219. The number of nitrogens with zero attached hydrogens (tertiary/aromatic N) is 1. The molecule has 27 heavy (non-hydrogen) atoms. The molecule has 0 bridgehead atoms. The third-order valence-electron chi connectivity index (χ3n) is 4.38. The minimum atomic E-state index is -1.18. The number of anilines is 1. The Bertz CT molecular complexity index is 851. The number of benzene rings is 2. The summed E-state index contributed by atoms with van der Waals surface area (Å²) < 4.78 is 5.35. The van der Waals surface area contributed by atoms with E-state index in [2.05, 4.69) is 10.6 Å². The first-order valence-electron chi connectivity index (χ1n) is 8.66. The zero-order valence-corrected chi connectivity index (χ0v) is 15.2. The van der Waals surface area contributed by atoms with E-state index in [4.69, 9.17) is 4.74 Å². The summed E-state index contributed by atoms with van der Waals surface area (Å²) >= 11 is 0. The normalized spacial score (nSPS) is 19.0. The molecule has 0 radical (unpaired) electrons. The standard InChI is InChI=1S/C20H21N3O4/c1-3-27-16-11-9-15(10-12-16)21-17(24)13-23-18(25)20(2,22-19(23)26)14-7-5-4-6-8-14/h4-12H,3,13H2,1-2H3,(H,21,24)(H,22,26). The molecule has 1 atom stereocenters. The van der Waals surface area contributed by atoms with E-state index in [1.54, 1.807) is 55.5 Å². The number of rotatable bonds is 6. The lowest BCUT2D eigenvalue weighted by molar-refractivity contribution is -0.133.